The predicted octanol–water partition coefficient (Wildman–Crippen LogP) is 6.52. The minimum atomic E-state index is -0.512. The second-order valence-corrected chi connectivity index (χ2v) is 8.96. The Balaban J connectivity index is 2.54. The Bertz CT molecular complexity index is 1090. The molecule has 2 aromatic rings. The highest BCUT2D eigenvalue weighted by Crippen LogP contribution is 2.32. The first-order valence-corrected chi connectivity index (χ1v) is 11.3. The van der Waals surface area contributed by atoms with Crippen molar-refractivity contribution < 1.29 is 4.79 Å². The van der Waals surface area contributed by atoms with Gasteiger partial charge in [-0.1, -0.05) is 53.1 Å². The van der Waals surface area contributed by atoms with Gasteiger partial charge in [0.2, 0.25) is 0 Å². The van der Waals surface area contributed by atoms with Crippen LogP contribution in [0.4, 0.5) is 5.69 Å². The number of allylic oxidation sites excluding steroid dienone is 3. The monoisotopic (exact) mass is 561 g/mol. The summed E-state index contributed by atoms with van der Waals surface area (Å²) in [5, 5.41) is 11.0. The average molecular weight is 564 g/mol. The number of halogens is 4. The number of hydrogen-bond donors (Lipinski definition) is 2. The summed E-state index contributed by atoms with van der Waals surface area (Å²) in [6.07, 6.45) is 3.35. The van der Waals surface area contributed by atoms with Crippen LogP contribution in [0, 0.1) is 0 Å². The number of rotatable bonds is 7. The number of carbonyl (C=O) groups is 1. The smallest absolute Gasteiger partial charge is 0.274 e. The summed E-state index contributed by atoms with van der Waals surface area (Å²) in [7, 11) is 0. The molecule has 11 heteroatoms. The summed E-state index contributed by atoms with van der Waals surface area (Å²) in [4.78, 5) is 17.5. The Morgan fingerprint density at radius 3 is 2.61 bits per heavy atom. The molecule has 1 heterocycles. The van der Waals surface area contributed by atoms with Crippen LogP contribution in [0.25, 0.3) is 5.82 Å². The Kier molecular flexibility index (Phi) is 9.27. The molecule has 0 bridgehead atoms. The van der Waals surface area contributed by atoms with Crippen LogP contribution >= 0.6 is 63.0 Å². The van der Waals surface area contributed by atoms with E-state index in [4.69, 9.17) is 47.0 Å². The maximum Gasteiger partial charge on any atom is 0.274 e. The van der Waals surface area contributed by atoms with Crippen LogP contribution < -0.4 is 10.6 Å². The number of nitrogens with zero attached hydrogens (tertiary/aromatic N) is 3. The summed E-state index contributed by atoms with van der Waals surface area (Å²) in [5.74, 6) is -0.322. The third-order valence-electron chi connectivity index (χ3n) is 3.75. The van der Waals surface area contributed by atoms with Gasteiger partial charge in [0, 0.05) is 22.7 Å². The zero-order valence-electron chi connectivity index (χ0n) is 16.8. The quantitative estimate of drug-likeness (QED) is 0.229. The minimum Gasteiger partial charge on any atom is -0.374 e. The summed E-state index contributed by atoms with van der Waals surface area (Å²) < 4.78 is 1.69. The normalized spacial score (nSPS) is 12.1. The Morgan fingerprint density at radius 1 is 1.35 bits per heavy atom. The molecule has 164 valence electrons. The lowest BCUT2D eigenvalue weighted by atomic mass is 10.1. The van der Waals surface area contributed by atoms with Gasteiger partial charge in [0.25, 0.3) is 5.91 Å². The molecule has 0 saturated heterocycles. The van der Waals surface area contributed by atoms with Crippen molar-refractivity contribution in [3.63, 3.8) is 0 Å². The van der Waals surface area contributed by atoms with Crippen molar-refractivity contribution in [2.45, 2.75) is 26.8 Å². The van der Waals surface area contributed by atoms with Gasteiger partial charge in [-0.05, 0) is 61.6 Å². The Hall–Kier alpha value is -1.71. The zero-order valence-corrected chi connectivity index (χ0v) is 21.5. The first kappa shape index (κ1) is 25.5. The number of aromatic nitrogens is 2. The molecule has 0 spiro atoms. The van der Waals surface area contributed by atoms with Crippen LogP contribution in [-0.2, 0) is 0 Å². The van der Waals surface area contributed by atoms with Crippen LogP contribution in [-0.4, -0.2) is 33.4 Å². The second-order valence-electron chi connectivity index (χ2n) is 6.49. The molecule has 2 N–H and O–H groups in total. The van der Waals surface area contributed by atoms with E-state index in [1.165, 1.54) is 16.8 Å². The highest BCUT2D eigenvalue weighted by atomic mass is 79.9. The SMILES string of the molecule is C=N/C(=C(Cl)\C=C/C)n1nc(Br)cc1C(=O)Nc1c(Cl)cc(Cl)cc1C(=S)NC(C)C. The standard InChI is InChI=1S/C20H19BrCl3N5OS/c1-5-6-13(23)18(25-4)29-15(9-16(21)28-29)19(30)27-17-12(20(31)26-10(2)3)7-11(22)8-14(17)24/h5-10H,4H2,1-3H3,(H,26,31)(H,27,30)/b6-5-,18-13-. The van der Waals surface area contributed by atoms with Crippen molar-refractivity contribution in [3.8, 4) is 0 Å². The number of carbonyl (C=O) groups excluding carboxylic acids is 1. The molecular formula is C20H19BrCl3N5OS. The molecular weight excluding hydrogens is 545 g/mol. The van der Waals surface area contributed by atoms with Crippen molar-refractivity contribution in [1.82, 2.24) is 15.1 Å². The fraction of sp³-hybridized carbons (Fsp3) is 0.200. The van der Waals surface area contributed by atoms with Crippen LogP contribution in [0.1, 0.15) is 36.8 Å². The number of benzene rings is 1. The highest BCUT2D eigenvalue weighted by Gasteiger charge is 2.22. The van der Waals surface area contributed by atoms with Crippen molar-refractivity contribution in [3.05, 3.63) is 61.3 Å². The molecule has 1 amide bonds. The van der Waals surface area contributed by atoms with Gasteiger partial charge in [0.05, 0.1) is 15.7 Å². The van der Waals surface area contributed by atoms with E-state index in [1.807, 2.05) is 13.8 Å². The summed E-state index contributed by atoms with van der Waals surface area (Å²) in [5.41, 5.74) is 0.954. The van der Waals surface area contributed by atoms with Crippen molar-refractivity contribution in [1.29, 1.82) is 0 Å². The van der Waals surface area contributed by atoms with Crippen LogP contribution in [0.3, 0.4) is 0 Å². The molecule has 31 heavy (non-hydrogen) atoms. The largest absolute Gasteiger partial charge is 0.374 e. The fourth-order valence-corrected chi connectivity index (χ4v) is 4.12. The lowest BCUT2D eigenvalue weighted by Crippen LogP contribution is -2.30. The van der Waals surface area contributed by atoms with Gasteiger partial charge in [-0.3, -0.25) is 4.79 Å². The van der Waals surface area contributed by atoms with Crippen molar-refractivity contribution >= 4 is 92.1 Å². The second kappa shape index (κ2) is 11.2. The van der Waals surface area contributed by atoms with Crippen LogP contribution in [0.2, 0.25) is 10.0 Å². The molecule has 0 saturated carbocycles. The van der Waals surface area contributed by atoms with Gasteiger partial charge in [-0.2, -0.15) is 5.10 Å². The van der Waals surface area contributed by atoms with E-state index in [0.29, 0.717) is 25.9 Å². The first-order valence-electron chi connectivity index (χ1n) is 8.95. The number of nitrogens with one attached hydrogen (secondary N) is 2. The van der Waals surface area contributed by atoms with E-state index in [0.717, 1.165) is 0 Å². The van der Waals surface area contributed by atoms with E-state index in [1.54, 1.807) is 25.1 Å². The minimum absolute atomic E-state index is 0.0753. The average Bonchev–Trinajstić information content (AvgIpc) is 3.05. The van der Waals surface area contributed by atoms with Gasteiger partial charge in [0.15, 0.2) is 5.82 Å². The van der Waals surface area contributed by atoms with Gasteiger partial charge >= 0.3 is 0 Å². The molecule has 6 nitrogen and oxygen atoms in total. The molecule has 0 aliphatic rings. The summed E-state index contributed by atoms with van der Waals surface area (Å²) in [6, 6.07) is 4.75. The first-order chi connectivity index (χ1) is 14.6. The molecule has 2 rings (SSSR count). The predicted molar refractivity (Wildman–Crippen MR) is 138 cm³/mol. The van der Waals surface area contributed by atoms with E-state index in [-0.39, 0.29) is 27.6 Å². The van der Waals surface area contributed by atoms with Crippen LogP contribution in [0.15, 0.2) is 45.0 Å². The van der Waals surface area contributed by atoms with Crippen LogP contribution in [0.5, 0.6) is 0 Å². The third-order valence-corrected chi connectivity index (χ3v) is 5.28. The lowest BCUT2D eigenvalue weighted by Gasteiger charge is -2.17. The fourth-order valence-electron chi connectivity index (χ4n) is 2.54. The maximum absolute atomic E-state index is 13.2. The summed E-state index contributed by atoms with van der Waals surface area (Å²) >= 11 is 27.6. The van der Waals surface area contributed by atoms with E-state index in [2.05, 4.69) is 43.4 Å². The molecule has 0 fully saturated rings. The van der Waals surface area contributed by atoms with E-state index < -0.39 is 5.91 Å². The van der Waals surface area contributed by atoms with E-state index in [9.17, 15) is 4.79 Å². The highest BCUT2D eigenvalue weighted by molar-refractivity contribution is 9.10. The molecule has 0 atom stereocenters. The molecule has 1 aromatic carbocycles. The van der Waals surface area contributed by atoms with Crippen molar-refractivity contribution in [2.75, 3.05) is 5.32 Å². The number of anilines is 1. The third kappa shape index (κ3) is 6.40. The molecule has 0 aliphatic carbocycles. The Labute approximate surface area is 209 Å². The zero-order chi connectivity index (χ0) is 23.3. The maximum atomic E-state index is 13.2. The number of amides is 1. The lowest BCUT2D eigenvalue weighted by molar-refractivity contribution is 0.102. The molecule has 0 unspecified atom stereocenters. The number of aliphatic imine (C=N–C) groups is 1. The van der Waals surface area contributed by atoms with Gasteiger partial charge < -0.3 is 10.6 Å². The van der Waals surface area contributed by atoms with Gasteiger partial charge in [0.1, 0.15) is 15.3 Å². The molecule has 0 aliphatic heterocycles. The molecule has 1 aromatic heterocycles. The van der Waals surface area contributed by atoms with Gasteiger partial charge in [-0.15, -0.1) is 0 Å². The summed E-state index contributed by atoms with van der Waals surface area (Å²) in [6.45, 7) is 9.21. The topological polar surface area (TPSA) is 71.3 Å². The van der Waals surface area contributed by atoms with Gasteiger partial charge in [-0.25, -0.2) is 9.67 Å². The molecule has 0 radical (unpaired) electrons. The van der Waals surface area contributed by atoms with E-state index >= 15 is 0 Å². The number of thiocarbonyl (C=S) groups is 1. The van der Waals surface area contributed by atoms with Crippen molar-refractivity contribution in [2.24, 2.45) is 4.99 Å². The Morgan fingerprint density at radius 2 is 2.03 bits per heavy atom. The number of hydrogen-bond acceptors (Lipinski definition) is 4.